The van der Waals surface area contributed by atoms with Crippen LogP contribution in [0.1, 0.15) is 12.5 Å². The summed E-state index contributed by atoms with van der Waals surface area (Å²) in [5.74, 6) is 0.673. The number of rotatable bonds is 6. The summed E-state index contributed by atoms with van der Waals surface area (Å²) in [4.78, 5) is 11.9. The molecule has 3 aromatic rings. The molecule has 122 valence electrons. The van der Waals surface area contributed by atoms with Gasteiger partial charge in [-0.1, -0.05) is 42.2 Å². The van der Waals surface area contributed by atoms with Gasteiger partial charge in [-0.05, 0) is 40.0 Å². The number of aromatic nitrogens is 6. The van der Waals surface area contributed by atoms with Gasteiger partial charge in [-0.25, -0.2) is 4.68 Å². The van der Waals surface area contributed by atoms with E-state index in [2.05, 4.69) is 31.0 Å². The zero-order valence-electron chi connectivity index (χ0n) is 12.7. The second-order valence-electron chi connectivity index (χ2n) is 4.47. The highest BCUT2D eigenvalue weighted by molar-refractivity contribution is 8.01. The first-order valence-electron chi connectivity index (χ1n) is 7.03. The van der Waals surface area contributed by atoms with Crippen LogP contribution in [0.15, 0.2) is 41.0 Å². The summed E-state index contributed by atoms with van der Waals surface area (Å²) in [5.41, 5.74) is 1.73. The number of tetrazole rings is 1. The molecule has 0 bridgehead atoms. The fourth-order valence-electron chi connectivity index (χ4n) is 1.78. The molecule has 0 fully saturated rings. The fourth-order valence-corrected chi connectivity index (χ4v) is 3.43. The average Bonchev–Trinajstić information content (AvgIpc) is 3.26. The van der Waals surface area contributed by atoms with Crippen LogP contribution >= 0.6 is 23.1 Å². The van der Waals surface area contributed by atoms with E-state index < -0.39 is 0 Å². The van der Waals surface area contributed by atoms with Crippen molar-refractivity contribution < 1.29 is 4.79 Å². The van der Waals surface area contributed by atoms with Gasteiger partial charge in [0, 0.05) is 6.08 Å². The van der Waals surface area contributed by atoms with Crippen LogP contribution in [0.5, 0.6) is 0 Å². The predicted molar refractivity (Wildman–Crippen MR) is 93.1 cm³/mol. The first kappa shape index (κ1) is 16.3. The van der Waals surface area contributed by atoms with Crippen molar-refractivity contribution in [1.82, 2.24) is 30.4 Å². The molecule has 0 unspecified atom stereocenters. The first-order valence-corrected chi connectivity index (χ1v) is 8.83. The van der Waals surface area contributed by atoms with E-state index in [1.165, 1.54) is 23.7 Å². The number of nitrogens with one attached hydrogen (secondary N) is 1. The molecule has 8 nitrogen and oxygen atoms in total. The molecule has 24 heavy (non-hydrogen) atoms. The zero-order chi connectivity index (χ0) is 16.8. The zero-order valence-corrected chi connectivity index (χ0v) is 14.3. The van der Waals surface area contributed by atoms with Gasteiger partial charge in [-0.3, -0.25) is 10.1 Å². The molecule has 2 aromatic heterocycles. The molecule has 0 aliphatic rings. The second-order valence-corrected chi connectivity index (χ2v) is 6.96. The number of carbonyl (C=O) groups is 1. The number of anilines is 1. The Morgan fingerprint density at radius 2 is 2.17 bits per heavy atom. The van der Waals surface area contributed by atoms with E-state index in [0.717, 1.165) is 21.3 Å². The molecule has 10 heteroatoms. The lowest BCUT2D eigenvalue weighted by molar-refractivity contribution is -0.111. The van der Waals surface area contributed by atoms with Crippen molar-refractivity contribution in [1.29, 1.82) is 0 Å². The Morgan fingerprint density at radius 1 is 1.33 bits per heavy atom. The quantitative estimate of drug-likeness (QED) is 0.409. The van der Waals surface area contributed by atoms with E-state index in [1.54, 1.807) is 22.5 Å². The Hall–Kier alpha value is -2.59. The molecular formula is C14H13N7OS2. The van der Waals surface area contributed by atoms with Gasteiger partial charge in [0.05, 0.1) is 5.69 Å². The van der Waals surface area contributed by atoms with E-state index >= 15 is 0 Å². The van der Waals surface area contributed by atoms with Gasteiger partial charge in [0.2, 0.25) is 11.0 Å². The van der Waals surface area contributed by atoms with Gasteiger partial charge in [0.25, 0.3) is 0 Å². The van der Waals surface area contributed by atoms with Crippen molar-refractivity contribution in [3.63, 3.8) is 0 Å². The third kappa shape index (κ3) is 4.24. The molecule has 1 aromatic carbocycles. The van der Waals surface area contributed by atoms with E-state index in [-0.39, 0.29) is 5.91 Å². The Bertz CT molecular complexity index is 827. The maximum atomic E-state index is 11.9. The van der Waals surface area contributed by atoms with E-state index in [4.69, 9.17) is 0 Å². The van der Waals surface area contributed by atoms with Crippen LogP contribution in [0.4, 0.5) is 5.13 Å². The lowest BCUT2D eigenvalue weighted by Crippen LogP contribution is -2.07. The third-order valence-electron chi connectivity index (χ3n) is 2.84. The highest BCUT2D eigenvalue weighted by Gasteiger charge is 2.06. The molecule has 0 aliphatic carbocycles. The SMILES string of the molecule is CCSc1nnc(NC(=O)/C=C/c2ccc(-n3cnnn3)cc2)s1. The summed E-state index contributed by atoms with van der Waals surface area (Å²) in [6, 6.07) is 7.49. The molecule has 0 radical (unpaired) electrons. The Balaban J connectivity index is 1.59. The monoisotopic (exact) mass is 359 g/mol. The van der Waals surface area contributed by atoms with Gasteiger partial charge in [0.1, 0.15) is 6.33 Å². The molecule has 1 N–H and O–H groups in total. The highest BCUT2D eigenvalue weighted by atomic mass is 32.2. The van der Waals surface area contributed by atoms with Crippen LogP contribution in [0.2, 0.25) is 0 Å². The molecule has 0 saturated heterocycles. The van der Waals surface area contributed by atoms with Crippen LogP contribution < -0.4 is 5.32 Å². The van der Waals surface area contributed by atoms with Crippen LogP contribution in [0.25, 0.3) is 11.8 Å². The molecular weight excluding hydrogens is 346 g/mol. The smallest absolute Gasteiger partial charge is 0.250 e. The number of hydrogen-bond acceptors (Lipinski definition) is 8. The Labute approximate surface area is 146 Å². The van der Waals surface area contributed by atoms with Crippen molar-refractivity contribution in [3.8, 4) is 5.69 Å². The van der Waals surface area contributed by atoms with Crippen LogP contribution in [-0.4, -0.2) is 42.1 Å². The number of hydrogen-bond donors (Lipinski definition) is 1. The lowest BCUT2D eigenvalue weighted by Gasteiger charge is -1.99. The minimum absolute atomic E-state index is 0.247. The number of carbonyl (C=O) groups excluding carboxylic acids is 1. The van der Waals surface area contributed by atoms with Crippen LogP contribution in [0, 0.1) is 0 Å². The molecule has 3 rings (SSSR count). The van der Waals surface area contributed by atoms with Gasteiger partial charge >= 0.3 is 0 Å². The molecule has 1 amide bonds. The lowest BCUT2D eigenvalue weighted by atomic mass is 10.2. The predicted octanol–water partition coefficient (Wildman–Crippen LogP) is 2.28. The van der Waals surface area contributed by atoms with Gasteiger partial charge in [-0.15, -0.1) is 15.3 Å². The highest BCUT2D eigenvalue weighted by Crippen LogP contribution is 2.24. The van der Waals surface area contributed by atoms with E-state index in [1.807, 2.05) is 31.2 Å². The Morgan fingerprint density at radius 3 is 2.88 bits per heavy atom. The van der Waals surface area contributed by atoms with Crippen molar-refractivity contribution in [2.45, 2.75) is 11.3 Å². The van der Waals surface area contributed by atoms with E-state index in [9.17, 15) is 4.79 Å². The van der Waals surface area contributed by atoms with Crippen molar-refractivity contribution in [3.05, 3.63) is 42.2 Å². The first-order chi connectivity index (χ1) is 11.7. The second kappa shape index (κ2) is 7.79. The number of benzene rings is 1. The van der Waals surface area contributed by atoms with Crippen molar-refractivity contribution in [2.75, 3.05) is 11.1 Å². The maximum absolute atomic E-state index is 11.9. The fraction of sp³-hybridized carbons (Fsp3) is 0.143. The number of nitrogens with zero attached hydrogens (tertiary/aromatic N) is 6. The summed E-state index contributed by atoms with van der Waals surface area (Å²) in [6.07, 6.45) is 4.70. The molecule has 0 spiro atoms. The third-order valence-corrected chi connectivity index (χ3v) is 4.69. The summed E-state index contributed by atoms with van der Waals surface area (Å²) >= 11 is 2.95. The van der Waals surface area contributed by atoms with Gasteiger partial charge in [-0.2, -0.15) is 0 Å². The molecule has 2 heterocycles. The molecule has 0 saturated carbocycles. The topological polar surface area (TPSA) is 98.5 Å². The standard InChI is InChI=1S/C14H13N7OS2/c1-2-23-14-18-17-13(24-14)16-12(22)8-5-10-3-6-11(7-4-10)21-9-15-19-20-21/h3-9H,2H2,1H3,(H,16,17,22)/b8-5+. The summed E-state index contributed by atoms with van der Waals surface area (Å²) in [5, 5.41) is 22.1. The number of thioether (sulfide) groups is 1. The van der Waals surface area contributed by atoms with Crippen LogP contribution in [-0.2, 0) is 4.79 Å². The minimum atomic E-state index is -0.247. The summed E-state index contributed by atoms with van der Waals surface area (Å²) < 4.78 is 2.40. The maximum Gasteiger partial charge on any atom is 0.250 e. The minimum Gasteiger partial charge on any atom is -0.297 e. The summed E-state index contributed by atoms with van der Waals surface area (Å²) in [6.45, 7) is 2.04. The molecule has 0 aliphatic heterocycles. The normalized spacial score (nSPS) is 11.0. The van der Waals surface area contributed by atoms with Crippen molar-refractivity contribution >= 4 is 40.2 Å². The van der Waals surface area contributed by atoms with Crippen LogP contribution in [0.3, 0.4) is 0 Å². The average molecular weight is 359 g/mol. The van der Waals surface area contributed by atoms with E-state index in [0.29, 0.717) is 5.13 Å². The summed E-state index contributed by atoms with van der Waals surface area (Å²) in [7, 11) is 0. The van der Waals surface area contributed by atoms with Gasteiger partial charge in [0.15, 0.2) is 4.34 Å². The largest absolute Gasteiger partial charge is 0.297 e. The van der Waals surface area contributed by atoms with Gasteiger partial charge < -0.3 is 0 Å². The van der Waals surface area contributed by atoms with Crippen molar-refractivity contribution in [2.24, 2.45) is 0 Å². The number of amides is 1. The Kier molecular flexibility index (Phi) is 5.29. The molecule has 0 atom stereocenters.